The van der Waals surface area contributed by atoms with E-state index in [9.17, 15) is 4.79 Å². The average Bonchev–Trinajstić information content (AvgIpc) is 3.39. The summed E-state index contributed by atoms with van der Waals surface area (Å²) in [6.07, 6.45) is 21.5. The maximum Gasteiger partial charge on any atom is 0.188 e. The van der Waals surface area contributed by atoms with Gasteiger partial charge in [0.05, 0.1) is 0 Å². The molecule has 0 radical (unpaired) electrons. The third kappa shape index (κ3) is 15.6. The number of rotatable bonds is 19. The predicted molar refractivity (Wildman–Crippen MR) is 123 cm³/mol. The number of nitrogens with zero attached hydrogens (tertiary/aromatic N) is 1. The van der Waals surface area contributed by atoms with E-state index in [4.69, 9.17) is 0 Å². The number of carbonyl (C=O) groups excluding carboxylic acids is 1. The van der Waals surface area contributed by atoms with E-state index in [1.807, 2.05) is 0 Å². The van der Waals surface area contributed by atoms with Gasteiger partial charge >= 0.3 is 0 Å². The summed E-state index contributed by atoms with van der Waals surface area (Å²) in [5.41, 5.74) is 0. The molecular weight excluding hydrogens is 350 g/mol. The van der Waals surface area contributed by atoms with Gasteiger partial charge in [0.1, 0.15) is 0 Å². The first-order valence-electron chi connectivity index (χ1n) is 11.9. The van der Waals surface area contributed by atoms with E-state index < -0.39 is 0 Å². The standard InChI is InChI=1S/C24H47NOS/c1-4-5-6-7-9-12-16-22-21-23(22)17-13-10-8-11-14-18-24(26)27-20-15-19-25(2)3/h22-23H,4-21H2,1-3H3. The highest BCUT2D eigenvalue weighted by molar-refractivity contribution is 8.13. The molecule has 27 heavy (non-hydrogen) atoms. The van der Waals surface area contributed by atoms with E-state index in [1.165, 1.54) is 83.5 Å². The minimum Gasteiger partial charge on any atom is -0.309 e. The van der Waals surface area contributed by atoms with Crippen LogP contribution >= 0.6 is 11.8 Å². The molecule has 3 heteroatoms. The van der Waals surface area contributed by atoms with E-state index in [0.29, 0.717) is 5.12 Å². The SMILES string of the molecule is CCCCCCCCC1CC1CCCCCCCC(=O)SCCCN(C)C. The zero-order valence-electron chi connectivity index (χ0n) is 18.6. The Kier molecular flexibility index (Phi) is 15.7. The van der Waals surface area contributed by atoms with E-state index in [2.05, 4.69) is 25.9 Å². The van der Waals surface area contributed by atoms with Crippen LogP contribution in [0.2, 0.25) is 0 Å². The van der Waals surface area contributed by atoms with Crippen molar-refractivity contribution in [3.05, 3.63) is 0 Å². The summed E-state index contributed by atoms with van der Waals surface area (Å²) < 4.78 is 0. The normalized spacial score (nSPS) is 19.0. The lowest BCUT2D eigenvalue weighted by molar-refractivity contribution is -0.111. The third-order valence-electron chi connectivity index (χ3n) is 5.97. The molecule has 2 nitrogen and oxygen atoms in total. The molecule has 0 heterocycles. The average molecular weight is 398 g/mol. The molecule has 0 aromatic heterocycles. The number of hydrogen-bond acceptors (Lipinski definition) is 3. The van der Waals surface area contributed by atoms with Crippen molar-refractivity contribution in [2.24, 2.45) is 11.8 Å². The third-order valence-corrected chi connectivity index (χ3v) is 6.98. The summed E-state index contributed by atoms with van der Waals surface area (Å²) >= 11 is 1.55. The van der Waals surface area contributed by atoms with Gasteiger partial charge in [-0.15, -0.1) is 0 Å². The highest BCUT2D eigenvalue weighted by atomic mass is 32.2. The minimum atomic E-state index is 0.407. The Bertz CT molecular complexity index is 358. The number of unbranched alkanes of at least 4 members (excludes halogenated alkanes) is 9. The molecule has 0 spiro atoms. The largest absolute Gasteiger partial charge is 0.309 e. The van der Waals surface area contributed by atoms with E-state index in [1.54, 1.807) is 11.8 Å². The summed E-state index contributed by atoms with van der Waals surface area (Å²) in [5, 5.41) is 0.407. The molecule has 1 saturated carbocycles. The van der Waals surface area contributed by atoms with Crippen molar-refractivity contribution in [3.8, 4) is 0 Å². The smallest absolute Gasteiger partial charge is 0.188 e. The first kappa shape index (κ1) is 25.0. The highest BCUT2D eigenvalue weighted by Gasteiger charge is 2.34. The lowest BCUT2D eigenvalue weighted by Crippen LogP contribution is -2.13. The van der Waals surface area contributed by atoms with Crippen LogP contribution in [0.15, 0.2) is 0 Å². The second-order valence-electron chi connectivity index (χ2n) is 9.00. The molecule has 0 aromatic rings. The molecule has 0 bridgehead atoms. The Balaban J connectivity index is 1.78. The van der Waals surface area contributed by atoms with Gasteiger partial charge < -0.3 is 4.90 Å². The Morgan fingerprint density at radius 2 is 1.37 bits per heavy atom. The topological polar surface area (TPSA) is 20.3 Å². The fourth-order valence-corrected chi connectivity index (χ4v) is 4.84. The summed E-state index contributed by atoms with van der Waals surface area (Å²) in [4.78, 5) is 14.0. The first-order valence-corrected chi connectivity index (χ1v) is 12.9. The van der Waals surface area contributed by atoms with Crippen LogP contribution < -0.4 is 0 Å². The minimum absolute atomic E-state index is 0.407. The fourth-order valence-electron chi connectivity index (χ4n) is 4.05. The Labute approximate surface area is 174 Å². The molecule has 0 saturated heterocycles. The van der Waals surface area contributed by atoms with Crippen LogP contribution in [-0.2, 0) is 4.79 Å². The quantitative estimate of drug-likeness (QED) is 0.213. The van der Waals surface area contributed by atoms with Crippen molar-refractivity contribution in [2.75, 3.05) is 26.4 Å². The predicted octanol–water partition coefficient (Wildman–Crippen LogP) is 7.32. The molecule has 2 unspecified atom stereocenters. The van der Waals surface area contributed by atoms with Crippen molar-refractivity contribution in [3.63, 3.8) is 0 Å². The van der Waals surface area contributed by atoms with Crippen molar-refractivity contribution < 1.29 is 4.79 Å². The molecule has 1 rings (SSSR count). The molecule has 1 aliphatic rings. The Hall–Kier alpha value is -0.0200. The zero-order chi connectivity index (χ0) is 19.7. The summed E-state index contributed by atoms with van der Waals surface area (Å²) in [6, 6.07) is 0. The summed E-state index contributed by atoms with van der Waals surface area (Å²) in [5.74, 6) is 3.14. The van der Waals surface area contributed by atoms with Gasteiger partial charge in [0.25, 0.3) is 0 Å². The van der Waals surface area contributed by atoms with Crippen molar-refractivity contribution in [2.45, 2.75) is 110 Å². The molecule has 160 valence electrons. The van der Waals surface area contributed by atoms with Gasteiger partial charge in [-0.1, -0.05) is 95.7 Å². The van der Waals surface area contributed by atoms with Crippen LogP contribution in [0.5, 0.6) is 0 Å². The van der Waals surface area contributed by atoms with Gasteiger partial charge in [-0.25, -0.2) is 0 Å². The van der Waals surface area contributed by atoms with E-state index >= 15 is 0 Å². The van der Waals surface area contributed by atoms with Crippen LogP contribution in [-0.4, -0.2) is 36.4 Å². The van der Waals surface area contributed by atoms with Gasteiger partial charge in [0.2, 0.25) is 0 Å². The molecule has 1 fully saturated rings. The van der Waals surface area contributed by atoms with Crippen LogP contribution in [0.3, 0.4) is 0 Å². The second-order valence-corrected chi connectivity index (χ2v) is 10.1. The maximum absolute atomic E-state index is 11.8. The van der Waals surface area contributed by atoms with Crippen LogP contribution in [0, 0.1) is 11.8 Å². The molecule has 0 aliphatic heterocycles. The van der Waals surface area contributed by atoms with E-state index in [0.717, 1.165) is 43.4 Å². The molecule has 2 atom stereocenters. The molecule has 0 amide bonds. The van der Waals surface area contributed by atoms with E-state index in [-0.39, 0.29) is 0 Å². The number of carbonyl (C=O) groups is 1. The zero-order valence-corrected chi connectivity index (χ0v) is 19.5. The molecular formula is C24H47NOS. The Morgan fingerprint density at radius 3 is 1.96 bits per heavy atom. The number of hydrogen-bond donors (Lipinski definition) is 0. The van der Waals surface area contributed by atoms with Crippen molar-refractivity contribution in [1.29, 1.82) is 0 Å². The fraction of sp³-hybridized carbons (Fsp3) is 0.958. The second kappa shape index (κ2) is 16.9. The summed E-state index contributed by atoms with van der Waals surface area (Å²) in [6.45, 7) is 3.38. The van der Waals surface area contributed by atoms with Gasteiger partial charge in [0.15, 0.2) is 5.12 Å². The van der Waals surface area contributed by atoms with Gasteiger partial charge in [-0.05, 0) is 51.7 Å². The van der Waals surface area contributed by atoms with Gasteiger partial charge in [-0.2, -0.15) is 0 Å². The van der Waals surface area contributed by atoms with Crippen molar-refractivity contribution >= 4 is 16.9 Å². The lowest BCUT2D eigenvalue weighted by Gasteiger charge is -2.08. The monoisotopic (exact) mass is 397 g/mol. The maximum atomic E-state index is 11.8. The van der Waals surface area contributed by atoms with Crippen LogP contribution in [0.25, 0.3) is 0 Å². The van der Waals surface area contributed by atoms with Crippen LogP contribution in [0.1, 0.15) is 110 Å². The highest BCUT2D eigenvalue weighted by Crippen LogP contribution is 2.45. The molecule has 0 aromatic carbocycles. The Morgan fingerprint density at radius 1 is 0.815 bits per heavy atom. The van der Waals surface area contributed by atoms with Crippen molar-refractivity contribution in [1.82, 2.24) is 4.90 Å². The molecule has 1 aliphatic carbocycles. The lowest BCUT2D eigenvalue weighted by atomic mass is 10.0. The van der Waals surface area contributed by atoms with Gasteiger partial charge in [0, 0.05) is 12.2 Å². The van der Waals surface area contributed by atoms with Crippen LogP contribution in [0.4, 0.5) is 0 Å². The van der Waals surface area contributed by atoms with Gasteiger partial charge in [-0.3, -0.25) is 4.79 Å². The molecule has 0 N–H and O–H groups in total. The number of thioether (sulfide) groups is 1. The first-order chi connectivity index (χ1) is 13.1. The summed E-state index contributed by atoms with van der Waals surface area (Å²) in [7, 11) is 4.18.